The third-order valence-electron chi connectivity index (χ3n) is 2.87. The molecule has 0 fully saturated rings. The maximum atomic E-state index is 10.8. The molecule has 1 amide bonds. The minimum Gasteiger partial charge on any atom is -0.491 e. The molecular weight excluding hydrogens is 268 g/mol. The van der Waals surface area contributed by atoms with E-state index in [2.05, 4.69) is 0 Å². The van der Waals surface area contributed by atoms with Gasteiger partial charge >= 0.3 is 0 Å². The number of nitrogens with two attached hydrogens (primary N) is 2. The molecule has 0 aliphatic heterocycles. The molecule has 5 heteroatoms. The molecule has 5 nitrogen and oxygen atoms in total. The topological polar surface area (TPSA) is 87.6 Å². The summed E-state index contributed by atoms with van der Waals surface area (Å²) in [5, 5.41) is 0. The van der Waals surface area contributed by atoms with Crippen molar-refractivity contribution in [1.29, 1.82) is 0 Å². The van der Waals surface area contributed by atoms with Crippen molar-refractivity contribution in [3.8, 4) is 11.5 Å². The van der Waals surface area contributed by atoms with Crippen LogP contribution in [0.15, 0.2) is 54.6 Å². The SMILES string of the molecule is NC(=O)C(N)COc1ccc(OCc2ccccc2)cc1. The van der Waals surface area contributed by atoms with E-state index in [0.717, 1.165) is 11.3 Å². The number of benzene rings is 2. The largest absolute Gasteiger partial charge is 0.491 e. The number of ether oxygens (including phenoxy) is 2. The van der Waals surface area contributed by atoms with E-state index in [-0.39, 0.29) is 6.61 Å². The molecule has 0 aromatic heterocycles. The average Bonchev–Trinajstić information content (AvgIpc) is 2.52. The second kappa shape index (κ2) is 7.31. The monoisotopic (exact) mass is 286 g/mol. The van der Waals surface area contributed by atoms with Crippen molar-refractivity contribution in [1.82, 2.24) is 0 Å². The third kappa shape index (κ3) is 4.81. The molecule has 0 aliphatic rings. The number of amides is 1. The van der Waals surface area contributed by atoms with E-state index < -0.39 is 11.9 Å². The number of carbonyl (C=O) groups excluding carboxylic acids is 1. The molecule has 110 valence electrons. The van der Waals surface area contributed by atoms with Crippen molar-refractivity contribution >= 4 is 5.91 Å². The van der Waals surface area contributed by atoms with Gasteiger partial charge in [0.25, 0.3) is 0 Å². The number of hydrogen-bond acceptors (Lipinski definition) is 4. The van der Waals surface area contributed by atoms with Crippen molar-refractivity contribution in [3.05, 3.63) is 60.2 Å². The van der Waals surface area contributed by atoms with Crippen LogP contribution in [0, 0.1) is 0 Å². The molecule has 0 spiro atoms. The van der Waals surface area contributed by atoms with Gasteiger partial charge in [-0.15, -0.1) is 0 Å². The van der Waals surface area contributed by atoms with Gasteiger partial charge in [0.15, 0.2) is 0 Å². The van der Waals surface area contributed by atoms with Gasteiger partial charge in [0.05, 0.1) is 0 Å². The van der Waals surface area contributed by atoms with Crippen LogP contribution in [0.3, 0.4) is 0 Å². The highest BCUT2D eigenvalue weighted by Gasteiger charge is 2.09. The van der Waals surface area contributed by atoms with Crippen molar-refractivity contribution in [3.63, 3.8) is 0 Å². The number of hydrogen-bond donors (Lipinski definition) is 2. The second-order valence-electron chi connectivity index (χ2n) is 4.57. The summed E-state index contributed by atoms with van der Waals surface area (Å²) in [4.78, 5) is 10.8. The van der Waals surface area contributed by atoms with Gasteiger partial charge in [0.2, 0.25) is 5.91 Å². The smallest absolute Gasteiger partial charge is 0.237 e. The van der Waals surface area contributed by atoms with Gasteiger partial charge in [-0.2, -0.15) is 0 Å². The summed E-state index contributed by atoms with van der Waals surface area (Å²) < 4.78 is 11.0. The Hall–Kier alpha value is -2.53. The molecule has 0 heterocycles. The Morgan fingerprint density at radius 2 is 1.52 bits per heavy atom. The van der Waals surface area contributed by atoms with Gasteiger partial charge < -0.3 is 20.9 Å². The Kier molecular flexibility index (Phi) is 5.17. The fourth-order valence-corrected chi connectivity index (χ4v) is 1.64. The summed E-state index contributed by atoms with van der Waals surface area (Å²) in [5.74, 6) is 0.766. The van der Waals surface area contributed by atoms with Crippen LogP contribution in [0.4, 0.5) is 0 Å². The molecule has 0 aliphatic carbocycles. The second-order valence-corrected chi connectivity index (χ2v) is 4.57. The lowest BCUT2D eigenvalue weighted by molar-refractivity contribution is -0.119. The molecular formula is C16H18N2O3. The Labute approximate surface area is 123 Å². The zero-order valence-corrected chi connectivity index (χ0v) is 11.6. The van der Waals surface area contributed by atoms with E-state index in [1.165, 1.54) is 0 Å². The molecule has 2 rings (SSSR count). The third-order valence-corrected chi connectivity index (χ3v) is 2.87. The van der Waals surface area contributed by atoms with E-state index in [1.807, 2.05) is 30.3 Å². The van der Waals surface area contributed by atoms with Crippen LogP contribution in [-0.2, 0) is 11.4 Å². The lowest BCUT2D eigenvalue weighted by Crippen LogP contribution is -2.41. The first-order valence-electron chi connectivity index (χ1n) is 6.59. The quantitative estimate of drug-likeness (QED) is 0.806. The summed E-state index contributed by atoms with van der Waals surface area (Å²) in [6.07, 6.45) is 0. The van der Waals surface area contributed by atoms with E-state index in [9.17, 15) is 4.79 Å². The number of rotatable bonds is 7. The normalized spacial score (nSPS) is 11.7. The molecule has 0 bridgehead atoms. The summed E-state index contributed by atoms with van der Waals surface area (Å²) in [6.45, 7) is 0.563. The van der Waals surface area contributed by atoms with Gasteiger partial charge in [-0.25, -0.2) is 0 Å². The van der Waals surface area contributed by atoms with Gasteiger partial charge in [-0.1, -0.05) is 30.3 Å². The molecule has 4 N–H and O–H groups in total. The predicted molar refractivity (Wildman–Crippen MR) is 79.9 cm³/mol. The van der Waals surface area contributed by atoms with E-state index in [0.29, 0.717) is 12.4 Å². The summed E-state index contributed by atoms with van der Waals surface area (Å²) in [5.41, 5.74) is 11.6. The highest BCUT2D eigenvalue weighted by Crippen LogP contribution is 2.18. The first kappa shape index (κ1) is 14.9. The standard InChI is InChI=1S/C16H18N2O3/c17-15(16(18)19)11-21-14-8-6-13(7-9-14)20-10-12-4-2-1-3-5-12/h1-9,15H,10-11,17H2,(H2,18,19). The van der Waals surface area contributed by atoms with Crippen molar-refractivity contribution in [2.24, 2.45) is 11.5 Å². The van der Waals surface area contributed by atoms with E-state index in [1.54, 1.807) is 24.3 Å². The lowest BCUT2D eigenvalue weighted by atomic mass is 10.2. The van der Waals surface area contributed by atoms with Gasteiger partial charge in [-0.3, -0.25) is 4.79 Å². The number of primary amides is 1. The Morgan fingerprint density at radius 3 is 2.10 bits per heavy atom. The van der Waals surface area contributed by atoms with E-state index in [4.69, 9.17) is 20.9 Å². The van der Waals surface area contributed by atoms with Crippen molar-refractivity contribution < 1.29 is 14.3 Å². The molecule has 0 saturated carbocycles. The fraction of sp³-hybridized carbons (Fsp3) is 0.188. The molecule has 0 radical (unpaired) electrons. The molecule has 0 saturated heterocycles. The predicted octanol–water partition coefficient (Wildman–Crippen LogP) is 1.46. The Morgan fingerprint density at radius 1 is 0.952 bits per heavy atom. The maximum absolute atomic E-state index is 10.8. The molecule has 2 aromatic carbocycles. The zero-order valence-electron chi connectivity index (χ0n) is 11.6. The van der Waals surface area contributed by atoms with Gasteiger partial charge in [0, 0.05) is 0 Å². The van der Waals surface area contributed by atoms with Gasteiger partial charge in [0.1, 0.15) is 30.8 Å². The lowest BCUT2D eigenvalue weighted by Gasteiger charge is -2.11. The summed E-state index contributed by atoms with van der Waals surface area (Å²) in [7, 11) is 0. The van der Waals surface area contributed by atoms with Crippen molar-refractivity contribution in [2.75, 3.05) is 6.61 Å². The minimum absolute atomic E-state index is 0.0551. The van der Waals surface area contributed by atoms with Crippen LogP contribution in [0.1, 0.15) is 5.56 Å². The first-order chi connectivity index (χ1) is 10.1. The zero-order chi connectivity index (χ0) is 15.1. The molecule has 21 heavy (non-hydrogen) atoms. The Bertz CT molecular complexity index is 570. The van der Waals surface area contributed by atoms with Crippen LogP contribution in [0.25, 0.3) is 0 Å². The van der Waals surface area contributed by atoms with Crippen LogP contribution in [0.2, 0.25) is 0 Å². The fourth-order valence-electron chi connectivity index (χ4n) is 1.64. The van der Waals surface area contributed by atoms with Crippen molar-refractivity contribution in [2.45, 2.75) is 12.6 Å². The molecule has 1 unspecified atom stereocenters. The highest BCUT2D eigenvalue weighted by atomic mass is 16.5. The van der Waals surface area contributed by atoms with Crippen LogP contribution in [-0.4, -0.2) is 18.6 Å². The van der Waals surface area contributed by atoms with Gasteiger partial charge in [-0.05, 0) is 29.8 Å². The van der Waals surface area contributed by atoms with Crippen LogP contribution < -0.4 is 20.9 Å². The maximum Gasteiger partial charge on any atom is 0.237 e. The van der Waals surface area contributed by atoms with Crippen LogP contribution in [0.5, 0.6) is 11.5 Å². The Balaban J connectivity index is 1.83. The average molecular weight is 286 g/mol. The summed E-state index contributed by atoms with van der Waals surface area (Å²) >= 11 is 0. The molecule has 1 atom stereocenters. The minimum atomic E-state index is -0.806. The first-order valence-corrected chi connectivity index (χ1v) is 6.59. The highest BCUT2D eigenvalue weighted by molar-refractivity contribution is 5.79. The molecule has 2 aromatic rings. The summed E-state index contributed by atoms with van der Waals surface area (Å²) in [6, 6.07) is 16.2. The number of carbonyl (C=O) groups is 1. The van der Waals surface area contributed by atoms with Crippen LogP contribution >= 0.6 is 0 Å². The van der Waals surface area contributed by atoms with E-state index >= 15 is 0 Å².